The van der Waals surface area contributed by atoms with Gasteiger partial charge < -0.3 is 5.11 Å². The third-order valence-electron chi connectivity index (χ3n) is 2.81. The number of carboxylic acid groups (broad SMARTS) is 1. The van der Waals surface area contributed by atoms with Crippen molar-refractivity contribution in [3.05, 3.63) is 0 Å². The number of carboxylic acids is 1. The van der Waals surface area contributed by atoms with Crippen molar-refractivity contribution in [3.8, 4) is 6.07 Å². The highest BCUT2D eigenvalue weighted by Crippen LogP contribution is 2.17. The summed E-state index contributed by atoms with van der Waals surface area (Å²) in [5.41, 5.74) is 5.07. The predicted octanol–water partition coefficient (Wildman–Crippen LogP) is 0.339. The number of nitrogens with zero attached hydrogens (tertiary/aromatic N) is 1. The van der Waals surface area contributed by atoms with Gasteiger partial charge in [0.05, 0.1) is 6.07 Å². The van der Waals surface area contributed by atoms with Gasteiger partial charge in [0.2, 0.25) is 0 Å². The Morgan fingerprint density at radius 3 is 2.36 bits per heavy atom. The second kappa shape index (κ2) is 9.34. The summed E-state index contributed by atoms with van der Waals surface area (Å²) in [6, 6.07) is 2.09. The fourth-order valence-corrected chi connectivity index (χ4v) is 1.64. The normalized spacial score (nSPS) is 21.0. The lowest BCUT2D eigenvalue weighted by Crippen LogP contribution is -2.47. The van der Waals surface area contributed by atoms with Gasteiger partial charge in [0.25, 0.3) is 0 Å². The van der Waals surface area contributed by atoms with E-state index >= 15 is 0 Å². The molecule has 1 saturated heterocycles. The first-order valence-electron chi connectivity index (χ1n) is 6.65. The molecule has 0 aromatic carbocycles. The lowest BCUT2D eigenvalue weighted by atomic mass is 9.94. The quantitative estimate of drug-likeness (QED) is 0.411. The van der Waals surface area contributed by atoms with Crippen LogP contribution in [0.15, 0.2) is 0 Å². The highest BCUT2D eigenvalue weighted by Gasteiger charge is 2.41. The number of rotatable bonds is 6. The third-order valence-corrected chi connectivity index (χ3v) is 2.81. The first-order valence-corrected chi connectivity index (χ1v) is 6.65. The molecule has 126 valence electrons. The standard InChI is InChI=1S/C10H18N4O.C2HF3O2/c1-2-5-13-14-7-4-10(8-11)9(15)3-6-12-10;3-2(4,5)1(6)7/h12-14H,2-7H2,1H3;(H,6,7). The summed E-state index contributed by atoms with van der Waals surface area (Å²) in [7, 11) is 0. The third kappa shape index (κ3) is 6.84. The number of ketones is 1. The molecule has 10 heteroatoms. The molecule has 1 unspecified atom stereocenters. The van der Waals surface area contributed by atoms with Crippen molar-refractivity contribution in [3.63, 3.8) is 0 Å². The first kappa shape index (κ1) is 20.3. The Labute approximate surface area is 125 Å². The number of carbonyl (C=O) groups excluding carboxylic acids is 1. The minimum atomic E-state index is -5.08. The highest BCUT2D eigenvalue weighted by atomic mass is 19.4. The molecule has 1 aliphatic heterocycles. The summed E-state index contributed by atoms with van der Waals surface area (Å²) >= 11 is 0. The Balaban J connectivity index is 0.000000534. The van der Waals surface area contributed by atoms with E-state index in [2.05, 4.69) is 29.2 Å². The van der Waals surface area contributed by atoms with Gasteiger partial charge in [-0.05, 0) is 6.42 Å². The Hall–Kier alpha value is -1.70. The molecule has 1 heterocycles. The van der Waals surface area contributed by atoms with Crippen LogP contribution in [0.3, 0.4) is 0 Å². The molecule has 0 radical (unpaired) electrons. The van der Waals surface area contributed by atoms with E-state index in [0.717, 1.165) is 13.0 Å². The number of halogens is 3. The van der Waals surface area contributed by atoms with Crippen molar-refractivity contribution in [1.82, 2.24) is 16.2 Å². The zero-order chi connectivity index (χ0) is 17.2. The van der Waals surface area contributed by atoms with Crippen LogP contribution in [0.25, 0.3) is 0 Å². The van der Waals surface area contributed by atoms with Crippen molar-refractivity contribution >= 4 is 11.8 Å². The first-order chi connectivity index (χ1) is 10.2. The number of hydrazine groups is 1. The molecule has 7 nitrogen and oxygen atoms in total. The van der Waals surface area contributed by atoms with Crippen LogP contribution in [0.2, 0.25) is 0 Å². The molecular weight excluding hydrogens is 305 g/mol. The molecule has 4 N–H and O–H groups in total. The van der Waals surface area contributed by atoms with Gasteiger partial charge in [-0.25, -0.2) is 4.79 Å². The zero-order valence-corrected chi connectivity index (χ0v) is 12.1. The Bertz CT molecular complexity index is 423. The van der Waals surface area contributed by atoms with E-state index in [0.29, 0.717) is 25.9 Å². The van der Waals surface area contributed by atoms with E-state index in [9.17, 15) is 18.0 Å². The molecule has 1 rings (SSSR count). The molecule has 0 saturated carbocycles. The Morgan fingerprint density at radius 1 is 1.45 bits per heavy atom. The smallest absolute Gasteiger partial charge is 0.475 e. The topological polar surface area (TPSA) is 114 Å². The maximum atomic E-state index is 11.5. The molecule has 0 aromatic heterocycles. The molecule has 1 atom stereocenters. The van der Waals surface area contributed by atoms with E-state index < -0.39 is 17.7 Å². The monoisotopic (exact) mass is 324 g/mol. The number of nitrogens with one attached hydrogen (secondary N) is 3. The van der Waals surface area contributed by atoms with Crippen LogP contribution in [0.5, 0.6) is 0 Å². The molecule has 22 heavy (non-hydrogen) atoms. The van der Waals surface area contributed by atoms with Crippen LogP contribution in [0, 0.1) is 11.3 Å². The van der Waals surface area contributed by atoms with Gasteiger partial charge in [-0.1, -0.05) is 6.92 Å². The fraction of sp³-hybridized carbons (Fsp3) is 0.750. The van der Waals surface area contributed by atoms with E-state index in [-0.39, 0.29) is 5.78 Å². The Morgan fingerprint density at radius 2 is 2.00 bits per heavy atom. The average Bonchev–Trinajstić information content (AvgIpc) is 2.80. The average molecular weight is 324 g/mol. The number of hydrogen-bond donors (Lipinski definition) is 4. The van der Waals surface area contributed by atoms with Crippen molar-refractivity contribution in [2.75, 3.05) is 19.6 Å². The molecule has 0 spiro atoms. The van der Waals surface area contributed by atoms with Crippen molar-refractivity contribution < 1.29 is 27.9 Å². The van der Waals surface area contributed by atoms with Crippen LogP contribution in [-0.2, 0) is 9.59 Å². The number of nitriles is 1. The van der Waals surface area contributed by atoms with Crippen LogP contribution in [-0.4, -0.2) is 48.2 Å². The van der Waals surface area contributed by atoms with E-state index in [4.69, 9.17) is 15.2 Å². The summed E-state index contributed by atoms with van der Waals surface area (Å²) in [6.07, 6.45) is -3.05. The van der Waals surface area contributed by atoms with E-state index in [1.807, 2.05) is 0 Å². The summed E-state index contributed by atoms with van der Waals surface area (Å²) < 4.78 is 31.7. The molecule has 1 fully saturated rings. The number of carbonyl (C=O) groups is 2. The SMILES string of the molecule is CCCNNCCC1(C#N)NCCC1=O.O=C(O)C(F)(F)F. The molecule has 0 aliphatic carbocycles. The van der Waals surface area contributed by atoms with Crippen LogP contribution < -0.4 is 16.2 Å². The van der Waals surface area contributed by atoms with Gasteiger partial charge in [0.1, 0.15) is 0 Å². The van der Waals surface area contributed by atoms with Gasteiger partial charge in [-0.2, -0.15) is 18.4 Å². The van der Waals surface area contributed by atoms with Crippen LogP contribution in [0.1, 0.15) is 26.2 Å². The highest BCUT2D eigenvalue weighted by molar-refractivity contribution is 5.93. The fourth-order valence-electron chi connectivity index (χ4n) is 1.64. The van der Waals surface area contributed by atoms with Gasteiger partial charge in [-0.15, -0.1) is 0 Å². The summed E-state index contributed by atoms with van der Waals surface area (Å²) in [5, 5.41) is 19.1. The van der Waals surface area contributed by atoms with Gasteiger partial charge in [-0.3, -0.25) is 21.0 Å². The van der Waals surface area contributed by atoms with Crippen LogP contribution in [0.4, 0.5) is 13.2 Å². The summed E-state index contributed by atoms with van der Waals surface area (Å²) in [4.78, 5) is 20.4. The van der Waals surface area contributed by atoms with E-state index in [1.54, 1.807) is 0 Å². The second-order valence-electron chi connectivity index (χ2n) is 4.52. The lowest BCUT2D eigenvalue weighted by Gasteiger charge is -2.19. The molecule has 1 aliphatic rings. The van der Waals surface area contributed by atoms with E-state index in [1.165, 1.54) is 0 Å². The maximum Gasteiger partial charge on any atom is 0.490 e. The Kier molecular flexibility index (Phi) is 8.62. The number of aliphatic carboxylic acids is 1. The van der Waals surface area contributed by atoms with Gasteiger partial charge >= 0.3 is 12.1 Å². The minimum absolute atomic E-state index is 0.0160. The van der Waals surface area contributed by atoms with Crippen molar-refractivity contribution in [1.29, 1.82) is 5.26 Å². The van der Waals surface area contributed by atoms with Crippen molar-refractivity contribution in [2.24, 2.45) is 0 Å². The predicted molar refractivity (Wildman–Crippen MR) is 70.6 cm³/mol. The maximum absolute atomic E-state index is 11.5. The van der Waals surface area contributed by atoms with Gasteiger partial charge in [0, 0.05) is 32.5 Å². The molecular formula is C12H19F3N4O3. The van der Waals surface area contributed by atoms with Crippen molar-refractivity contribution in [2.45, 2.75) is 37.9 Å². The number of Topliss-reactive ketones (excluding diaryl/α,β-unsaturated/α-hetero) is 1. The summed E-state index contributed by atoms with van der Waals surface area (Å²) in [5.74, 6) is -2.74. The second-order valence-corrected chi connectivity index (χ2v) is 4.52. The molecule has 0 aromatic rings. The largest absolute Gasteiger partial charge is 0.490 e. The van der Waals surface area contributed by atoms with Gasteiger partial charge in [0.15, 0.2) is 11.3 Å². The van der Waals surface area contributed by atoms with Crippen LogP contribution >= 0.6 is 0 Å². The lowest BCUT2D eigenvalue weighted by molar-refractivity contribution is -0.192. The summed E-state index contributed by atoms with van der Waals surface area (Å²) in [6.45, 7) is 4.20. The minimum Gasteiger partial charge on any atom is -0.475 e. The molecule has 0 amide bonds. The molecule has 0 bridgehead atoms. The number of alkyl halides is 3. The zero-order valence-electron chi connectivity index (χ0n) is 12.1. The number of hydrogen-bond acceptors (Lipinski definition) is 6.